The summed E-state index contributed by atoms with van der Waals surface area (Å²) >= 11 is 0. The van der Waals surface area contributed by atoms with Crippen molar-refractivity contribution in [2.24, 2.45) is 0 Å². The molecule has 0 spiro atoms. The Kier molecular flexibility index (Phi) is 3.06. The van der Waals surface area contributed by atoms with Crippen molar-refractivity contribution in [1.29, 1.82) is 0 Å². The van der Waals surface area contributed by atoms with Crippen LogP contribution >= 0.6 is 0 Å². The Morgan fingerprint density at radius 2 is 2.00 bits per heavy atom. The average molecular weight is 327 g/mol. The second-order valence-electron chi connectivity index (χ2n) is 5.01. The summed E-state index contributed by atoms with van der Waals surface area (Å²) < 4.78 is 34.8. The lowest BCUT2D eigenvalue weighted by molar-refractivity contribution is -0.141. The molecule has 118 valence electrons. The molecular formula is C13H13NO7S. The number of carboxylic acids is 1. The van der Waals surface area contributed by atoms with Crippen molar-refractivity contribution < 1.29 is 32.6 Å². The van der Waals surface area contributed by atoms with Gasteiger partial charge in [0.15, 0.2) is 26.7 Å². The van der Waals surface area contributed by atoms with Crippen molar-refractivity contribution in [1.82, 2.24) is 4.90 Å². The van der Waals surface area contributed by atoms with Crippen LogP contribution in [0.15, 0.2) is 12.1 Å². The van der Waals surface area contributed by atoms with Crippen LogP contribution in [0, 0.1) is 0 Å². The predicted molar refractivity (Wildman–Crippen MR) is 73.7 cm³/mol. The fourth-order valence-electron chi connectivity index (χ4n) is 3.01. The number of carbonyl (C=O) groups is 2. The lowest BCUT2D eigenvalue weighted by Crippen LogP contribution is -2.39. The third-order valence-corrected chi connectivity index (χ3v) is 5.84. The Morgan fingerprint density at radius 3 is 2.55 bits per heavy atom. The van der Waals surface area contributed by atoms with Crippen molar-refractivity contribution in [2.45, 2.75) is 11.4 Å². The topological polar surface area (TPSA) is 110 Å². The first-order valence-electron chi connectivity index (χ1n) is 6.35. The number of methoxy groups -OCH3 is 2. The molecular weight excluding hydrogens is 314 g/mol. The van der Waals surface area contributed by atoms with Crippen LogP contribution in [-0.4, -0.2) is 56.3 Å². The van der Waals surface area contributed by atoms with Crippen molar-refractivity contribution in [2.75, 3.05) is 20.0 Å². The van der Waals surface area contributed by atoms with Crippen LogP contribution in [0.1, 0.15) is 21.3 Å². The van der Waals surface area contributed by atoms with E-state index >= 15 is 0 Å². The third-order valence-electron chi connectivity index (χ3n) is 3.90. The van der Waals surface area contributed by atoms with Gasteiger partial charge >= 0.3 is 5.97 Å². The Hall–Kier alpha value is -2.29. The fraction of sp³-hybridized carbons (Fsp3) is 0.385. The van der Waals surface area contributed by atoms with Gasteiger partial charge in [-0.05, 0) is 6.07 Å². The van der Waals surface area contributed by atoms with E-state index in [2.05, 4.69) is 0 Å². The smallest absolute Gasteiger partial charge is 0.327 e. The van der Waals surface area contributed by atoms with Gasteiger partial charge in [0.1, 0.15) is 6.04 Å². The zero-order valence-corrected chi connectivity index (χ0v) is 12.6. The van der Waals surface area contributed by atoms with E-state index < -0.39 is 38.9 Å². The quantitative estimate of drug-likeness (QED) is 0.834. The van der Waals surface area contributed by atoms with Gasteiger partial charge in [0.05, 0.1) is 25.5 Å². The fourth-order valence-corrected chi connectivity index (χ4v) is 5.10. The molecule has 0 bridgehead atoms. The number of carbonyl (C=O) groups excluding carboxylic acids is 1. The van der Waals surface area contributed by atoms with Gasteiger partial charge in [-0.25, -0.2) is 13.2 Å². The molecule has 1 aromatic carbocycles. The molecule has 0 aliphatic carbocycles. The Balaban J connectivity index is 2.26. The number of ether oxygens (including phenoxy) is 2. The number of carboxylic acid groups (broad SMARTS) is 1. The maximum Gasteiger partial charge on any atom is 0.327 e. The summed E-state index contributed by atoms with van der Waals surface area (Å²) in [6.07, 6.45) is 0. The molecule has 9 heteroatoms. The summed E-state index contributed by atoms with van der Waals surface area (Å²) in [5.74, 6) is -2.23. The van der Waals surface area contributed by atoms with Gasteiger partial charge in [-0.3, -0.25) is 4.79 Å². The number of benzene rings is 1. The highest BCUT2D eigenvalue weighted by atomic mass is 32.2. The van der Waals surface area contributed by atoms with Crippen LogP contribution in [-0.2, 0) is 14.6 Å². The number of hydrogen-bond donors (Lipinski definition) is 1. The minimum Gasteiger partial charge on any atom is -0.493 e. The molecule has 1 saturated heterocycles. The summed E-state index contributed by atoms with van der Waals surface area (Å²) in [5.41, 5.74) is 0.271. The lowest BCUT2D eigenvalue weighted by atomic mass is 10.1. The van der Waals surface area contributed by atoms with Crippen molar-refractivity contribution in [3.63, 3.8) is 0 Å². The maximum atomic E-state index is 12.6. The van der Waals surface area contributed by atoms with Gasteiger partial charge in [0, 0.05) is 5.56 Å². The molecule has 0 aromatic heterocycles. The zero-order chi connectivity index (χ0) is 16.2. The van der Waals surface area contributed by atoms with Crippen LogP contribution in [0.3, 0.4) is 0 Å². The van der Waals surface area contributed by atoms with Gasteiger partial charge in [-0.1, -0.05) is 6.07 Å². The first-order valence-corrected chi connectivity index (χ1v) is 8.07. The summed E-state index contributed by atoms with van der Waals surface area (Å²) in [7, 11) is -1.06. The number of aliphatic carboxylic acids is 1. The average Bonchev–Trinajstić information content (AvgIpc) is 2.92. The molecule has 2 atom stereocenters. The Labute approximate surface area is 126 Å². The minimum atomic E-state index is -3.78. The minimum absolute atomic E-state index is 0.0429. The molecule has 2 aliphatic heterocycles. The van der Waals surface area contributed by atoms with E-state index in [1.165, 1.54) is 26.4 Å². The number of nitrogens with zero attached hydrogens (tertiary/aromatic N) is 1. The van der Waals surface area contributed by atoms with Gasteiger partial charge in [-0.2, -0.15) is 0 Å². The second kappa shape index (κ2) is 4.60. The van der Waals surface area contributed by atoms with E-state index in [1.54, 1.807) is 0 Å². The van der Waals surface area contributed by atoms with Crippen molar-refractivity contribution >= 4 is 21.7 Å². The molecule has 1 fully saturated rings. The van der Waals surface area contributed by atoms with Crippen LogP contribution < -0.4 is 9.47 Å². The van der Waals surface area contributed by atoms with Gasteiger partial charge in [0.2, 0.25) is 0 Å². The molecule has 8 nitrogen and oxygen atoms in total. The lowest BCUT2D eigenvalue weighted by Gasteiger charge is -2.18. The summed E-state index contributed by atoms with van der Waals surface area (Å²) in [5, 5.41) is 7.92. The van der Waals surface area contributed by atoms with E-state index in [0.717, 1.165) is 4.90 Å². The SMILES string of the molecule is COc1ccc2c(c1OC)C(=O)N1C2S(=O)(=O)C[C@H]1C(=O)O. The van der Waals surface area contributed by atoms with Gasteiger partial charge in [0.25, 0.3) is 5.91 Å². The van der Waals surface area contributed by atoms with Gasteiger partial charge in [-0.15, -0.1) is 0 Å². The highest BCUT2D eigenvalue weighted by Gasteiger charge is 2.57. The van der Waals surface area contributed by atoms with Crippen LogP contribution in [0.2, 0.25) is 0 Å². The molecule has 2 heterocycles. The van der Waals surface area contributed by atoms with E-state index in [9.17, 15) is 23.1 Å². The van der Waals surface area contributed by atoms with Crippen molar-refractivity contribution in [3.8, 4) is 11.5 Å². The van der Waals surface area contributed by atoms with Crippen LogP contribution in [0.25, 0.3) is 0 Å². The largest absolute Gasteiger partial charge is 0.493 e. The summed E-state index contributed by atoms with van der Waals surface area (Å²) in [6.45, 7) is 0. The van der Waals surface area contributed by atoms with Gasteiger partial charge < -0.3 is 19.5 Å². The number of amides is 1. The highest BCUT2D eigenvalue weighted by molar-refractivity contribution is 7.92. The standard InChI is InChI=1S/C13H13NO7S/c1-20-8-4-3-6-9(10(8)21-2)11(15)14-7(13(16)17)5-22(18,19)12(6)14/h3-4,7,12H,5H2,1-2H3,(H,16,17)/t7-,12?/m0/s1. The molecule has 22 heavy (non-hydrogen) atoms. The van der Waals surface area contributed by atoms with Crippen molar-refractivity contribution in [3.05, 3.63) is 23.3 Å². The molecule has 2 aliphatic rings. The number of fused-ring (bicyclic) bond motifs is 3. The Bertz CT molecular complexity index is 786. The first kappa shape index (κ1) is 14.6. The molecule has 1 amide bonds. The third kappa shape index (κ3) is 1.71. The summed E-state index contributed by atoms with van der Waals surface area (Å²) in [4.78, 5) is 24.8. The Morgan fingerprint density at radius 1 is 1.32 bits per heavy atom. The first-order chi connectivity index (χ1) is 10.3. The maximum absolute atomic E-state index is 12.6. The molecule has 1 unspecified atom stereocenters. The molecule has 1 aromatic rings. The zero-order valence-electron chi connectivity index (χ0n) is 11.8. The molecule has 3 rings (SSSR count). The van der Waals surface area contributed by atoms with Crippen LogP contribution in [0.5, 0.6) is 11.5 Å². The molecule has 1 N–H and O–H groups in total. The number of hydrogen-bond acceptors (Lipinski definition) is 6. The molecule has 0 saturated carbocycles. The van der Waals surface area contributed by atoms with Crippen LogP contribution in [0.4, 0.5) is 0 Å². The normalized spacial score (nSPS) is 24.8. The van der Waals surface area contributed by atoms with E-state index in [1.807, 2.05) is 0 Å². The monoisotopic (exact) mass is 327 g/mol. The summed E-state index contributed by atoms with van der Waals surface area (Å²) in [6, 6.07) is 1.56. The second-order valence-corrected chi connectivity index (χ2v) is 7.12. The van der Waals surface area contributed by atoms with E-state index in [-0.39, 0.29) is 22.6 Å². The van der Waals surface area contributed by atoms with E-state index in [4.69, 9.17) is 9.47 Å². The molecule has 0 radical (unpaired) electrons. The highest BCUT2D eigenvalue weighted by Crippen LogP contribution is 2.49. The predicted octanol–water partition coefficient (Wildman–Crippen LogP) is 0.0398. The number of rotatable bonds is 3. The number of sulfone groups is 1. The van der Waals surface area contributed by atoms with E-state index in [0.29, 0.717) is 0 Å².